The molecule has 0 aromatic heterocycles. The number of benzene rings is 1. The lowest BCUT2D eigenvalue weighted by Gasteiger charge is -2.26. The fraction of sp³-hybridized carbons (Fsp3) is 0.710. The number of nitrogens with one attached hydrogen (secondary N) is 2. The van der Waals surface area contributed by atoms with Crippen LogP contribution >= 0.6 is 0 Å². The van der Waals surface area contributed by atoms with Crippen LogP contribution in [-0.4, -0.2) is 61.4 Å². The Balaban J connectivity index is 1.56. The first-order valence-corrected chi connectivity index (χ1v) is 15.0. The van der Waals surface area contributed by atoms with Gasteiger partial charge < -0.3 is 25.2 Å². The Hall–Kier alpha value is -2.52. The molecule has 2 fully saturated rings. The number of aliphatic hydroxyl groups is 1. The molecule has 1 aliphatic heterocycles. The number of esters is 1. The molecule has 5 unspecified atom stereocenters. The highest BCUT2D eigenvalue weighted by atomic mass is 19.1. The van der Waals surface area contributed by atoms with Crippen molar-refractivity contribution in [3.8, 4) is 0 Å². The fourth-order valence-electron chi connectivity index (χ4n) is 5.92. The van der Waals surface area contributed by atoms with Crippen LogP contribution in [0.2, 0.25) is 0 Å². The summed E-state index contributed by atoms with van der Waals surface area (Å²) in [4.78, 5) is 37.5. The maximum atomic E-state index is 14.2. The van der Waals surface area contributed by atoms with E-state index in [1.807, 2.05) is 0 Å². The number of carbonyl (C=O) groups is 3. The number of halogens is 1. The third kappa shape index (κ3) is 10.1. The van der Waals surface area contributed by atoms with E-state index in [-0.39, 0.29) is 60.5 Å². The first-order chi connectivity index (χ1) is 19.4. The van der Waals surface area contributed by atoms with Crippen molar-refractivity contribution in [3.05, 3.63) is 35.1 Å². The molecule has 2 aliphatic rings. The van der Waals surface area contributed by atoms with E-state index in [1.54, 1.807) is 6.07 Å². The molecule has 1 aromatic rings. The molecular weight excluding hydrogens is 515 g/mol. The quantitative estimate of drug-likeness (QED) is 0.133. The van der Waals surface area contributed by atoms with Crippen molar-refractivity contribution in [2.45, 2.75) is 109 Å². The van der Waals surface area contributed by atoms with Crippen molar-refractivity contribution < 1.29 is 33.4 Å². The van der Waals surface area contributed by atoms with Crippen molar-refractivity contribution in [2.75, 3.05) is 20.3 Å². The van der Waals surface area contributed by atoms with Crippen molar-refractivity contribution in [2.24, 2.45) is 11.8 Å². The lowest BCUT2D eigenvalue weighted by atomic mass is 9.81. The third-order valence-corrected chi connectivity index (χ3v) is 8.27. The number of hydrogen-bond acceptors (Lipinski definition) is 6. The van der Waals surface area contributed by atoms with Crippen LogP contribution in [0.25, 0.3) is 0 Å². The van der Waals surface area contributed by atoms with Gasteiger partial charge in [-0.1, -0.05) is 51.5 Å². The number of ether oxygens (including phenoxy) is 2. The lowest BCUT2D eigenvalue weighted by molar-refractivity contribution is -0.140. The van der Waals surface area contributed by atoms with Crippen molar-refractivity contribution in [1.29, 1.82) is 0 Å². The molecule has 1 aliphatic carbocycles. The molecule has 5 atom stereocenters. The molecule has 1 aromatic carbocycles. The molecule has 1 heterocycles. The van der Waals surface area contributed by atoms with E-state index in [2.05, 4.69) is 17.6 Å². The summed E-state index contributed by atoms with van der Waals surface area (Å²) in [7, 11) is 1.34. The zero-order valence-electron chi connectivity index (χ0n) is 24.1. The molecule has 3 rings (SSSR count). The third-order valence-electron chi connectivity index (χ3n) is 8.27. The molecule has 9 heteroatoms. The maximum absolute atomic E-state index is 14.2. The number of unbranched alkanes of at least 4 members (excludes halogenated alkanes) is 6. The molecule has 1 saturated heterocycles. The summed E-state index contributed by atoms with van der Waals surface area (Å²) in [6.45, 7) is 2.21. The zero-order valence-corrected chi connectivity index (χ0v) is 24.1. The molecule has 40 heavy (non-hydrogen) atoms. The molecule has 3 N–H and O–H groups in total. The van der Waals surface area contributed by atoms with Crippen LogP contribution in [-0.2, 0) is 36.7 Å². The number of carbonyl (C=O) groups excluding carboxylic acids is 3. The molecule has 0 bridgehead atoms. The van der Waals surface area contributed by atoms with Gasteiger partial charge in [0.1, 0.15) is 11.9 Å². The number of methoxy groups -OCH3 is 1. The van der Waals surface area contributed by atoms with Crippen molar-refractivity contribution in [1.82, 2.24) is 10.6 Å². The van der Waals surface area contributed by atoms with Gasteiger partial charge >= 0.3 is 5.97 Å². The smallest absolute Gasteiger partial charge is 0.305 e. The second-order valence-electron chi connectivity index (χ2n) is 11.3. The van der Waals surface area contributed by atoms with Crippen LogP contribution in [0.1, 0.15) is 88.7 Å². The predicted octanol–water partition coefficient (Wildman–Crippen LogP) is 4.00. The topological polar surface area (TPSA) is 117 Å². The molecule has 0 spiro atoms. The van der Waals surface area contributed by atoms with Gasteiger partial charge in [0.15, 0.2) is 0 Å². The summed E-state index contributed by atoms with van der Waals surface area (Å²) in [5.74, 6) is -1.41. The van der Waals surface area contributed by atoms with Gasteiger partial charge in [-0.2, -0.15) is 0 Å². The van der Waals surface area contributed by atoms with Gasteiger partial charge in [-0.3, -0.25) is 14.4 Å². The monoisotopic (exact) mass is 562 g/mol. The Bertz CT molecular complexity index is 973. The van der Waals surface area contributed by atoms with Gasteiger partial charge in [0.2, 0.25) is 11.8 Å². The zero-order chi connectivity index (χ0) is 28.9. The summed E-state index contributed by atoms with van der Waals surface area (Å²) >= 11 is 0. The van der Waals surface area contributed by atoms with Crippen molar-refractivity contribution >= 4 is 17.8 Å². The Labute approximate surface area is 237 Å². The Kier molecular flexibility index (Phi) is 13.3. The molecular formula is C31H47FN2O6. The van der Waals surface area contributed by atoms with E-state index in [0.717, 1.165) is 43.2 Å². The van der Waals surface area contributed by atoms with Gasteiger partial charge in [-0.05, 0) is 67.2 Å². The van der Waals surface area contributed by atoms with Crippen LogP contribution in [0, 0.1) is 17.7 Å². The summed E-state index contributed by atoms with van der Waals surface area (Å²) < 4.78 is 24.8. The van der Waals surface area contributed by atoms with E-state index in [4.69, 9.17) is 9.47 Å². The largest absolute Gasteiger partial charge is 0.469 e. The second-order valence-corrected chi connectivity index (χ2v) is 11.3. The number of fused-ring (bicyclic) bond motifs is 1. The molecule has 224 valence electrons. The number of aliphatic hydroxyl groups excluding tert-OH is 1. The number of epoxide rings is 1. The summed E-state index contributed by atoms with van der Waals surface area (Å²) in [5.41, 5.74) is 1.61. The van der Waals surface area contributed by atoms with Gasteiger partial charge in [-0.15, -0.1) is 0 Å². The molecule has 8 nitrogen and oxygen atoms in total. The second kappa shape index (κ2) is 16.7. The minimum absolute atomic E-state index is 0.101. The van der Waals surface area contributed by atoms with Gasteiger partial charge in [0, 0.05) is 19.4 Å². The number of rotatable bonds is 19. The van der Waals surface area contributed by atoms with E-state index in [0.29, 0.717) is 19.4 Å². The highest BCUT2D eigenvalue weighted by molar-refractivity contribution is 5.87. The Morgan fingerprint density at radius 1 is 1.10 bits per heavy atom. The van der Waals surface area contributed by atoms with E-state index < -0.39 is 12.6 Å². The van der Waals surface area contributed by atoms with Gasteiger partial charge in [0.25, 0.3) is 0 Å². The summed E-state index contributed by atoms with van der Waals surface area (Å²) in [5, 5.41) is 15.4. The number of aryl methyl sites for hydroxylation is 1. The van der Waals surface area contributed by atoms with Crippen LogP contribution in [0.15, 0.2) is 18.2 Å². The summed E-state index contributed by atoms with van der Waals surface area (Å²) in [6.07, 6.45) is 11.3. The first kappa shape index (κ1) is 32.0. The van der Waals surface area contributed by atoms with Crippen molar-refractivity contribution in [3.63, 3.8) is 0 Å². The Morgan fingerprint density at radius 3 is 2.50 bits per heavy atom. The summed E-state index contributed by atoms with van der Waals surface area (Å²) in [6, 6.07) is 3.53. The minimum atomic E-state index is -1.02. The highest BCUT2D eigenvalue weighted by Gasteiger charge is 2.52. The normalized spacial score (nSPS) is 20.9. The average molecular weight is 563 g/mol. The minimum Gasteiger partial charge on any atom is -0.469 e. The maximum Gasteiger partial charge on any atom is 0.305 e. The standard InChI is InChI=1S/C31H47FN2O6/c1-3-4-5-6-7-8-9-16-33-31(38)26(20-35)34-28(36)19-23(25-13-14-27-30(25)40-27)17-22-18-24(32)12-10-21(22)11-15-29(37)39-2/h10,12,18,23,25-27,30,35H,3-9,11,13-17,19-20H2,1-2H3,(H,33,38)(H,34,36). The fourth-order valence-corrected chi connectivity index (χ4v) is 5.92. The number of amides is 2. The van der Waals surface area contributed by atoms with Crippen LogP contribution in [0.5, 0.6) is 0 Å². The molecule has 1 saturated carbocycles. The van der Waals surface area contributed by atoms with Crippen LogP contribution in [0.4, 0.5) is 4.39 Å². The van der Waals surface area contributed by atoms with Gasteiger partial charge in [-0.25, -0.2) is 4.39 Å². The lowest BCUT2D eigenvalue weighted by Crippen LogP contribution is -2.49. The van der Waals surface area contributed by atoms with E-state index in [9.17, 15) is 23.9 Å². The Morgan fingerprint density at radius 2 is 1.85 bits per heavy atom. The van der Waals surface area contributed by atoms with E-state index >= 15 is 0 Å². The predicted molar refractivity (Wildman–Crippen MR) is 150 cm³/mol. The SMILES string of the molecule is CCCCCCCCCNC(=O)C(CO)NC(=O)CC(Cc1cc(F)ccc1CCC(=O)OC)C1CCC2OC21. The van der Waals surface area contributed by atoms with E-state index in [1.165, 1.54) is 44.9 Å². The van der Waals surface area contributed by atoms with Crippen LogP contribution < -0.4 is 10.6 Å². The van der Waals surface area contributed by atoms with Gasteiger partial charge in [0.05, 0.1) is 25.9 Å². The molecule has 0 radical (unpaired) electrons. The highest BCUT2D eigenvalue weighted by Crippen LogP contribution is 2.48. The average Bonchev–Trinajstić information content (AvgIpc) is 3.60. The molecule has 2 amide bonds. The van der Waals surface area contributed by atoms with Crippen LogP contribution in [0.3, 0.4) is 0 Å². The number of hydrogen-bond donors (Lipinski definition) is 3. The first-order valence-electron chi connectivity index (χ1n) is 15.0.